The highest BCUT2D eigenvalue weighted by molar-refractivity contribution is 5.78. The van der Waals surface area contributed by atoms with Crippen molar-refractivity contribution >= 4 is 5.91 Å². The number of carbonyl (C=O) groups excluding carboxylic acids is 1. The Morgan fingerprint density at radius 2 is 2.00 bits per heavy atom. The third-order valence-electron chi connectivity index (χ3n) is 5.72. The van der Waals surface area contributed by atoms with Gasteiger partial charge in [0.25, 0.3) is 0 Å². The summed E-state index contributed by atoms with van der Waals surface area (Å²) >= 11 is 0. The summed E-state index contributed by atoms with van der Waals surface area (Å²) in [5, 5.41) is 3.11. The molecule has 5 nitrogen and oxygen atoms in total. The number of carbonyl (C=O) groups is 1. The fourth-order valence-electron chi connectivity index (χ4n) is 3.99. The monoisotopic (exact) mass is 359 g/mol. The van der Waals surface area contributed by atoms with Gasteiger partial charge in [0.1, 0.15) is 0 Å². The van der Waals surface area contributed by atoms with Crippen molar-refractivity contribution < 1.29 is 9.53 Å². The zero-order valence-electron chi connectivity index (χ0n) is 16.1. The summed E-state index contributed by atoms with van der Waals surface area (Å²) in [6.07, 6.45) is 4.87. The van der Waals surface area contributed by atoms with E-state index in [0.717, 1.165) is 45.8 Å². The highest BCUT2D eigenvalue weighted by atomic mass is 16.5. The smallest absolute Gasteiger partial charge is 0.234 e. The van der Waals surface area contributed by atoms with Crippen LogP contribution in [0, 0.1) is 6.92 Å². The van der Waals surface area contributed by atoms with E-state index in [4.69, 9.17) is 4.74 Å². The summed E-state index contributed by atoms with van der Waals surface area (Å²) in [5.74, 6) is 0.145. The molecule has 1 atom stereocenters. The molecule has 26 heavy (non-hydrogen) atoms. The first kappa shape index (κ1) is 19.3. The molecule has 2 heterocycles. The van der Waals surface area contributed by atoms with Crippen LogP contribution < -0.4 is 5.32 Å². The average Bonchev–Trinajstić information content (AvgIpc) is 2.67. The molecule has 2 aliphatic heterocycles. The van der Waals surface area contributed by atoms with E-state index in [2.05, 4.69) is 34.2 Å². The minimum Gasteiger partial charge on any atom is -0.379 e. The number of nitrogens with one attached hydrogen (secondary N) is 1. The fourth-order valence-corrected chi connectivity index (χ4v) is 3.99. The molecule has 0 spiro atoms. The molecule has 5 heteroatoms. The molecule has 2 fully saturated rings. The first-order valence-electron chi connectivity index (χ1n) is 10.1. The van der Waals surface area contributed by atoms with E-state index in [0.29, 0.717) is 19.1 Å². The maximum Gasteiger partial charge on any atom is 0.234 e. The van der Waals surface area contributed by atoms with Crippen molar-refractivity contribution in [3.63, 3.8) is 0 Å². The number of nitrogens with zero attached hydrogens (tertiary/aromatic N) is 2. The van der Waals surface area contributed by atoms with Gasteiger partial charge in [-0.25, -0.2) is 0 Å². The molecule has 1 aromatic rings. The van der Waals surface area contributed by atoms with Crippen LogP contribution in [0.3, 0.4) is 0 Å². The molecular weight excluding hydrogens is 326 g/mol. The highest BCUT2D eigenvalue weighted by Crippen LogP contribution is 2.20. The molecule has 0 aromatic heterocycles. The van der Waals surface area contributed by atoms with Gasteiger partial charge < -0.3 is 10.1 Å². The molecule has 0 unspecified atom stereocenters. The van der Waals surface area contributed by atoms with Crippen molar-refractivity contribution in [3.8, 4) is 0 Å². The van der Waals surface area contributed by atoms with Gasteiger partial charge >= 0.3 is 0 Å². The van der Waals surface area contributed by atoms with Crippen molar-refractivity contribution in [1.82, 2.24) is 15.1 Å². The molecular formula is C21H33N3O2. The van der Waals surface area contributed by atoms with E-state index < -0.39 is 0 Å². The van der Waals surface area contributed by atoms with Gasteiger partial charge in [0, 0.05) is 25.7 Å². The number of rotatable bonds is 7. The first-order chi connectivity index (χ1) is 12.7. The Bertz CT molecular complexity index is 572. The van der Waals surface area contributed by atoms with Crippen LogP contribution in [-0.2, 0) is 16.1 Å². The molecule has 0 bridgehead atoms. The van der Waals surface area contributed by atoms with Crippen LogP contribution in [0.25, 0.3) is 0 Å². The van der Waals surface area contributed by atoms with Crippen LogP contribution in [0.2, 0.25) is 0 Å². The molecule has 3 rings (SSSR count). The van der Waals surface area contributed by atoms with Gasteiger partial charge in [-0.1, -0.05) is 30.7 Å². The molecule has 0 aliphatic carbocycles. The van der Waals surface area contributed by atoms with E-state index in [1.165, 1.54) is 30.4 Å². The van der Waals surface area contributed by atoms with Gasteiger partial charge in [0.2, 0.25) is 5.91 Å². The summed E-state index contributed by atoms with van der Waals surface area (Å²) in [5.41, 5.74) is 2.43. The number of benzene rings is 1. The van der Waals surface area contributed by atoms with Crippen molar-refractivity contribution in [2.75, 3.05) is 45.9 Å². The normalized spacial score (nSPS) is 22.3. The van der Waals surface area contributed by atoms with Crippen LogP contribution in [-0.4, -0.2) is 67.7 Å². The van der Waals surface area contributed by atoms with E-state index in [9.17, 15) is 4.79 Å². The number of piperidine rings is 1. The van der Waals surface area contributed by atoms with Crippen LogP contribution in [0.4, 0.5) is 0 Å². The van der Waals surface area contributed by atoms with Gasteiger partial charge in [-0.3, -0.25) is 14.6 Å². The summed E-state index contributed by atoms with van der Waals surface area (Å²) in [7, 11) is 0. The average molecular weight is 360 g/mol. The topological polar surface area (TPSA) is 44.8 Å². The fraction of sp³-hybridized carbons (Fsp3) is 0.667. The Morgan fingerprint density at radius 1 is 1.19 bits per heavy atom. The van der Waals surface area contributed by atoms with Gasteiger partial charge in [-0.05, 0) is 50.4 Å². The summed E-state index contributed by atoms with van der Waals surface area (Å²) in [4.78, 5) is 17.4. The maximum absolute atomic E-state index is 12.5. The zero-order chi connectivity index (χ0) is 18.2. The van der Waals surface area contributed by atoms with Crippen LogP contribution in [0.1, 0.15) is 36.8 Å². The number of likely N-dealkylation sites (tertiary alicyclic amines) is 1. The van der Waals surface area contributed by atoms with Gasteiger partial charge in [0.05, 0.1) is 19.8 Å². The highest BCUT2D eigenvalue weighted by Gasteiger charge is 2.25. The van der Waals surface area contributed by atoms with Crippen molar-refractivity contribution in [3.05, 3.63) is 35.4 Å². The largest absolute Gasteiger partial charge is 0.379 e. The Hall–Kier alpha value is -1.43. The second-order valence-corrected chi connectivity index (χ2v) is 7.57. The van der Waals surface area contributed by atoms with Crippen molar-refractivity contribution in [1.29, 1.82) is 0 Å². The van der Waals surface area contributed by atoms with Crippen molar-refractivity contribution in [2.45, 2.75) is 45.2 Å². The van der Waals surface area contributed by atoms with Crippen LogP contribution in [0.5, 0.6) is 0 Å². The van der Waals surface area contributed by atoms with E-state index in [1.54, 1.807) is 0 Å². The van der Waals surface area contributed by atoms with Crippen LogP contribution in [0.15, 0.2) is 24.3 Å². The van der Waals surface area contributed by atoms with E-state index in [1.807, 2.05) is 12.1 Å². The van der Waals surface area contributed by atoms with Crippen LogP contribution >= 0.6 is 0 Å². The molecule has 1 N–H and O–H groups in total. The molecule has 2 aliphatic rings. The first-order valence-corrected chi connectivity index (χ1v) is 10.1. The number of aryl methyl sites for hydroxylation is 1. The zero-order valence-corrected chi connectivity index (χ0v) is 16.1. The second kappa shape index (κ2) is 10.0. The predicted octanol–water partition coefficient (Wildman–Crippen LogP) is 2.19. The Labute approximate surface area is 157 Å². The Balaban J connectivity index is 1.44. The molecule has 0 saturated carbocycles. The lowest BCUT2D eigenvalue weighted by molar-refractivity contribution is -0.123. The third kappa shape index (κ3) is 5.79. The van der Waals surface area contributed by atoms with E-state index in [-0.39, 0.29) is 5.91 Å². The number of hydrogen-bond acceptors (Lipinski definition) is 4. The maximum atomic E-state index is 12.5. The Kier molecular flexibility index (Phi) is 7.47. The van der Waals surface area contributed by atoms with Crippen molar-refractivity contribution in [2.24, 2.45) is 0 Å². The minimum absolute atomic E-state index is 0.145. The standard InChI is InChI=1S/C21H33N3O2/c1-18-6-2-3-7-19(18)16-22-21(25)17-24-10-5-4-8-20(24)9-11-23-12-14-26-15-13-23/h2-3,6-7,20H,4-5,8-17H2,1H3,(H,22,25)/t20-/m1/s1. The number of hydrogen-bond donors (Lipinski definition) is 1. The SMILES string of the molecule is Cc1ccccc1CNC(=O)CN1CCCC[C@@H]1CCN1CCOCC1. The quantitative estimate of drug-likeness (QED) is 0.811. The summed E-state index contributed by atoms with van der Waals surface area (Å²) < 4.78 is 5.43. The Morgan fingerprint density at radius 3 is 2.81 bits per heavy atom. The second-order valence-electron chi connectivity index (χ2n) is 7.57. The predicted molar refractivity (Wildman–Crippen MR) is 104 cm³/mol. The van der Waals surface area contributed by atoms with Gasteiger partial charge in [-0.2, -0.15) is 0 Å². The van der Waals surface area contributed by atoms with Gasteiger partial charge in [0.15, 0.2) is 0 Å². The lowest BCUT2D eigenvalue weighted by Gasteiger charge is -2.37. The molecule has 1 aromatic carbocycles. The molecule has 2 saturated heterocycles. The molecule has 144 valence electrons. The third-order valence-corrected chi connectivity index (χ3v) is 5.72. The number of ether oxygens (including phenoxy) is 1. The molecule has 1 amide bonds. The number of amides is 1. The molecule has 0 radical (unpaired) electrons. The minimum atomic E-state index is 0.145. The lowest BCUT2D eigenvalue weighted by atomic mass is 9.99. The lowest BCUT2D eigenvalue weighted by Crippen LogP contribution is -2.47. The van der Waals surface area contributed by atoms with Gasteiger partial charge in [-0.15, -0.1) is 0 Å². The summed E-state index contributed by atoms with van der Waals surface area (Å²) in [6.45, 7) is 9.21. The number of morpholine rings is 1. The van der Waals surface area contributed by atoms with E-state index >= 15 is 0 Å². The summed E-state index contributed by atoms with van der Waals surface area (Å²) in [6, 6.07) is 8.78.